The van der Waals surface area contributed by atoms with Crippen molar-refractivity contribution in [3.63, 3.8) is 0 Å². The van der Waals surface area contributed by atoms with E-state index in [1.807, 2.05) is 4.98 Å². The summed E-state index contributed by atoms with van der Waals surface area (Å²) in [5.41, 5.74) is -1.56. The van der Waals surface area contributed by atoms with E-state index in [4.69, 9.17) is 4.74 Å². The molecule has 1 aromatic carbocycles. The summed E-state index contributed by atoms with van der Waals surface area (Å²) in [6.45, 7) is -2.26. The first-order valence-electron chi connectivity index (χ1n) is 5.29. The Kier molecular flexibility index (Phi) is 3.59. The van der Waals surface area contributed by atoms with Crippen LogP contribution in [0.2, 0.25) is 0 Å². The number of halogens is 3. The molecule has 8 heteroatoms. The quantitative estimate of drug-likeness (QED) is 0.874. The van der Waals surface area contributed by atoms with Crippen LogP contribution in [0.15, 0.2) is 21.7 Å². The molecule has 102 valence electrons. The molecule has 0 radical (unpaired) electrons. The van der Waals surface area contributed by atoms with E-state index in [1.165, 1.54) is 0 Å². The number of ether oxygens (including phenoxy) is 1. The predicted molar refractivity (Wildman–Crippen MR) is 61.5 cm³/mol. The zero-order valence-corrected chi connectivity index (χ0v) is 9.50. The maximum absolute atomic E-state index is 13.6. The summed E-state index contributed by atoms with van der Waals surface area (Å²) in [5.74, 6) is -1.38. The van der Waals surface area contributed by atoms with Gasteiger partial charge in [-0.15, -0.1) is 0 Å². The van der Waals surface area contributed by atoms with E-state index in [-0.39, 0.29) is 10.9 Å². The highest BCUT2D eigenvalue weighted by Crippen LogP contribution is 2.22. The first-order valence-corrected chi connectivity index (χ1v) is 5.29. The Bertz CT molecular complexity index is 706. The third-order valence-electron chi connectivity index (χ3n) is 2.43. The molecule has 2 rings (SSSR count). The number of hydrogen-bond donors (Lipinski definition) is 2. The summed E-state index contributed by atoms with van der Waals surface area (Å²) in [5, 5.41) is -0.0486. The lowest BCUT2D eigenvalue weighted by Crippen LogP contribution is -2.24. The Morgan fingerprint density at radius 3 is 2.47 bits per heavy atom. The lowest BCUT2D eigenvalue weighted by Gasteiger charge is -2.13. The molecule has 1 aromatic heterocycles. The molecular formula is C11H9F3N2O3. The van der Waals surface area contributed by atoms with Gasteiger partial charge in [-0.2, -0.15) is 0 Å². The van der Waals surface area contributed by atoms with E-state index in [0.29, 0.717) is 0 Å². The second-order valence-electron chi connectivity index (χ2n) is 3.78. The minimum Gasteiger partial charge on any atom is -0.482 e. The average molecular weight is 274 g/mol. The zero-order chi connectivity index (χ0) is 14.0. The summed E-state index contributed by atoms with van der Waals surface area (Å²) >= 11 is 0. The summed E-state index contributed by atoms with van der Waals surface area (Å²) < 4.78 is 43.0. The normalized spacial score (nSPS) is 11.2. The van der Waals surface area contributed by atoms with Crippen molar-refractivity contribution in [2.45, 2.75) is 6.10 Å². The van der Waals surface area contributed by atoms with Gasteiger partial charge in [0.25, 0.3) is 5.56 Å². The van der Waals surface area contributed by atoms with Crippen molar-refractivity contribution in [2.75, 3.05) is 13.3 Å². The second kappa shape index (κ2) is 5.17. The molecule has 0 aliphatic carbocycles. The molecule has 0 saturated heterocycles. The SMILES string of the molecule is O=c1[nH]c(=O)c2cc(OC(CF)CF)c(F)cc2[nH]1. The van der Waals surface area contributed by atoms with Gasteiger partial charge in [-0.25, -0.2) is 18.0 Å². The third-order valence-corrected chi connectivity index (χ3v) is 2.43. The molecule has 0 fully saturated rings. The van der Waals surface area contributed by atoms with Crippen LogP contribution in [0.3, 0.4) is 0 Å². The van der Waals surface area contributed by atoms with Gasteiger partial charge in [-0.05, 0) is 6.07 Å². The molecule has 2 aromatic rings. The number of rotatable bonds is 4. The van der Waals surface area contributed by atoms with Gasteiger partial charge in [0.15, 0.2) is 17.7 Å². The first-order chi connectivity index (χ1) is 9.05. The molecule has 0 aliphatic rings. The molecule has 0 amide bonds. The number of nitrogens with one attached hydrogen (secondary N) is 2. The van der Waals surface area contributed by atoms with E-state index < -0.39 is 42.3 Å². The average Bonchev–Trinajstić information content (AvgIpc) is 2.36. The molecule has 1 heterocycles. The van der Waals surface area contributed by atoms with Crippen molar-refractivity contribution >= 4 is 10.9 Å². The van der Waals surface area contributed by atoms with Crippen LogP contribution in [0.1, 0.15) is 0 Å². The molecule has 0 saturated carbocycles. The number of benzene rings is 1. The van der Waals surface area contributed by atoms with E-state index in [2.05, 4.69) is 4.98 Å². The number of aromatic amines is 2. The van der Waals surface area contributed by atoms with Crippen LogP contribution >= 0.6 is 0 Å². The van der Waals surface area contributed by atoms with Gasteiger partial charge in [0.2, 0.25) is 0 Å². The molecule has 0 aliphatic heterocycles. The zero-order valence-electron chi connectivity index (χ0n) is 9.50. The van der Waals surface area contributed by atoms with Crippen molar-refractivity contribution in [2.24, 2.45) is 0 Å². The molecule has 5 nitrogen and oxygen atoms in total. The molecule has 0 atom stereocenters. The van der Waals surface area contributed by atoms with Gasteiger partial charge in [0, 0.05) is 6.07 Å². The van der Waals surface area contributed by atoms with Gasteiger partial charge in [-0.3, -0.25) is 9.78 Å². The Hall–Kier alpha value is -2.25. The van der Waals surface area contributed by atoms with Gasteiger partial charge in [0.05, 0.1) is 10.9 Å². The summed E-state index contributed by atoms with van der Waals surface area (Å²) in [4.78, 5) is 26.7. The summed E-state index contributed by atoms with van der Waals surface area (Å²) in [7, 11) is 0. The third kappa shape index (κ3) is 2.61. The van der Waals surface area contributed by atoms with Gasteiger partial charge in [0.1, 0.15) is 13.3 Å². The van der Waals surface area contributed by atoms with E-state index in [1.54, 1.807) is 0 Å². The Morgan fingerprint density at radius 2 is 1.84 bits per heavy atom. The molecule has 0 spiro atoms. The molecule has 2 N–H and O–H groups in total. The Labute approximate surface area is 104 Å². The maximum atomic E-state index is 13.6. The van der Waals surface area contributed by atoms with Crippen molar-refractivity contribution < 1.29 is 17.9 Å². The maximum Gasteiger partial charge on any atom is 0.326 e. The fourth-order valence-electron chi connectivity index (χ4n) is 1.54. The lowest BCUT2D eigenvalue weighted by molar-refractivity contribution is 0.129. The number of hydrogen-bond acceptors (Lipinski definition) is 3. The van der Waals surface area contributed by atoms with E-state index >= 15 is 0 Å². The second-order valence-corrected chi connectivity index (χ2v) is 3.78. The Balaban J connectivity index is 2.55. The van der Waals surface area contributed by atoms with E-state index in [9.17, 15) is 22.8 Å². The van der Waals surface area contributed by atoms with Crippen molar-refractivity contribution in [3.05, 3.63) is 38.8 Å². The number of fused-ring (bicyclic) bond motifs is 1. The van der Waals surface area contributed by atoms with Crippen LogP contribution in [0.4, 0.5) is 13.2 Å². The number of aromatic nitrogens is 2. The summed E-state index contributed by atoms with van der Waals surface area (Å²) in [6.07, 6.45) is -1.44. The fraction of sp³-hybridized carbons (Fsp3) is 0.273. The van der Waals surface area contributed by atoms with Crippen LogP contribution in [-0.4, -0.2) is 29.4 Å². The topological polar surface area (TPSA) is 74.9 Å². The number of H-pyrrole nitrogens is 2. The highest BCUT2D eigenvalue weighted by Gasteiger charge is 2.15. The minimum atomic E-state index is -1.44. The van der Waals surface area contributed by atoms with Crippen LogP contribution in [0.5, 0.6) is 5.75 Å². The van der Waals surface area contributed by atoms with Crippen LogP contribution in [-0.2, 0) is 0 Å². The van der Waals surface area contributed by atoms with E-state index in [0.717, 1.165) is 12.1 Å². The smallest absolute Gasteiger partial charge is 0.326 e. The molecule has 0 unspecified atom stereocenters. The molecular weight excluding hydrogens is 265 g/mol. The number of alkyl halides is 2. The van der Waals surface area contributed by atoms with Crippen LogP contribution < -0.4 is 16.0 Å². The van der Waals surface area contributed by atoms with Crippen molar-refractivity contribution in [3.8, 4) is 5.75 Å². The lowest BCUT2D eigenvalue weighted by atomic mass is 10.2. The van der Waals surface area contributed by atoms with Gasteiger partial charge in [-0.1, -0.05) is 0 Å². The summed E-state index contributed by atoms with van der Waals surface area (Å²) in [6, 6.07) is 1.84. The van der Waals surface area contributed by atoms with Gasteiger partial charge < -0.3 is 9.72 Å². The minimum absolute atomic E-state index is 0.0318. The van der Waals surface area contributed by atoms with Crippen molar-refractivity contribution in [1.29, 1.82) is 0 Å². The monoisotopic (exact) mass is 274 g/mol. The highest BCUT2D eigenvalue weighted by atomic mass is 19.1. The van der Waals surface area contributed by atoms with Crippen molar-refractivity contribution in [1.82, 2.24) is 9.97 Å². The van der Waals surface area contributed by atoms with Gasteiger partial charge >= 0.3 is 5.69 Å². The fourth-order valence-corrected chi connectivity index (χ4v) is 1.54. The van der Waals surface area contributed by atoms with Crippen LogP contribution in [0, 0.1) is 5.82 Å². The largest absolute Gasteiger partial charge is 0.482 e. The van der Waals surface area contributed by atoms with Crippen LogP contribution in [0.25, 0.3) is 10.9 Å². The molecule has 0 bridgehead atoms. The highest BCUT2D eigenvalue weighted by molar-refractivity contribution is 5.79. The first kappa shape index (κ1) is 13.2. The predicted octanol–water partition coefficient (Wildman–Crippen LogP) is 1.04. The standard InChI is InChI=1S/C11H9F3N2O3/c12-3-5(4-13)19-9-1-6-8(2-7(9)14)15-11(18)16-10(6)17/h1-2,5H,3-4H2,(H2,15,16,17,18). The molecule has 19 heavy (non-hydrogen) atoms. The Morgan fingerprint density at radius 1 is 1.16 bits per heavy atom.